The molecule has 0 unspecified atom stereocenters. The SMILES string of the molecule is C=C1C[C@@]2(OC1=O)C(=O)N(C)c1ccc(I)cc12. The van der Waals surface area contributed by atoms with E-state index < -0.39 is 11.6 Å². The van der Waals surface area contributed by atoms with E-state index in [1.807, 2.05) is 18.2 Å². The molecule has 2 aliphatic heterocycles. The molecule has 92 valence electrons. The molecule has 2 heterocycles. The Kier molecular flexibility index (Phi) is 2.32. The van der Waals surface area contributed by atoms with Crippen molar-refractivity contribution < 1.29 is 14.3 Å². The molecule has 3 rings (SSSR count). The van der Waals surface area contributed by atoms with Crippen molar-refractivity contribution in [3.05, 3.63) is 39.5 Å². The van der Waals surface area contributed by atoms with Crippen molar-refractivity contribution in [2.75, 3.05) is 11.9 Å². The van der Waals surface area contributed by atoms with Crippen molar-refractivity contribution in [2.24, 2.45) is 0 Å². The third kappa shape index (κ3) is 1.31. The van der Waals surface area contributed by atoms with Gasteiger partial charge in [0.1, 0.15) is 0 Å². The molecular formula is C13H10INO3. The largest absolute Gasteiger partial charge is 0.440 e. The Bertz CT molecular complexity index is 592. The number of nitrogens with zero attached hydrogens (tertiary/aromatic N) is 1. The lowest BCUT2D eigenvalue weighted by molar-refractivity contribution is -0.156. The molecule has 5 heteroatoms. The molecule has 0 aliphatic carbocycles. The van der Waals surface area contributed by atoms with Crippen LogP contribution in [0, 0.1) is 3.57 Å². The van der Waals surface area contributed by atoms with E-state index in [1.54, 1.807) is 7.05 Å². The second kappa shape index (κ2) is 3.57. The molecule has 1 amide bonds. The van der Waals surface area contributed by atoms with Crippen LogP contribution in [0.5, 0.6) is 0 Å². The molecule has 0 N–H and O–H groups in total. The van der Waals surface area contributed by atoms with E-state index in [4.69, 9.17) is 4.74 Å². The van der Waals surface area contributed by atoms with Gasteiger partial charge in [-0.3, -0.25) is 4.79 Å². The Morgan fingerprint density at radius 2 is 2.17 bits per heavy atom. The Balaban J connectivity index is 2.24. The minimum atomic E-state index is -1.18. The standard InChI is InChI=1S/C13H10INO3/c1-7-6-13(18-11(7)16)9-5-8(14)3-4-10(9)15(2)12(13)17/h3-5H,1,6H2,2H3/t13-/m0/s1. The first kappa shape index (κ1) is 11.7. The smallest absolute Gasteiger partial charge is 0.335 e. The summed E-state index contributed by atoms with van der Waals surface area (Å²) in [5.41, 5.74) is 0.722. The maximum Gasteiger partial charge on any atom is 0.335 e. The zero-order chi connectivity index (χ0) is 13.1. The zero-order valence-electron chi connectivity index (χ0n) is 9.70. The van der Waals surface area contributed by atoms with E-state index >= 15 is 0 Å². The van der Waals surface area contributed by atoms with Crippen molar-refractivity contribution in [1.29, 1.82) is 0 Å². The number of fused-ring (bicyclic) bond motifs is 2. The number of amides is 1. The number of ether oxygens (including phenoxy) is 1. The van der Waals surface area contributed by atoms with Gasteiger partial charge in [0.25, 0.3) is 5.91 Å². The molecular weight excluding hydrogens is 345 g/mol. The fraction of sp³-hybridized carbons (Fsp3) is 0.231. The fourth-order valence-electron chi connectivity index (χ4n) is 2.53. The summed E-state index contributed by atoms with van der Waals surface area (Å²) >= 11 is 2.17. The molecule has 1 aromatic rings. The highest BCUT2D eigenvalue weighted by Gasteiger charge is 2.57. The number of hydrogen-bond donors (Lipinski definition) is 0. The van der Waals surface area contributed by atoms with Crippen LogP contribution in [0.15, 0.2) is 30.4 Å². The van der Waals surface area contributed by atoms with Gasteiger partial charge in [0.15, 0.2) is 0 Å². The Labute approximate surface area is 118 Å². The van der Waals surface area contributed by atoms with Gasteiger partial charge in [-0.2, -0.15) is 0 Å². The number of esters is 1. The number of likely N-dealkylation sites (N-methyl/N-ethyl adjacent to an activating group) is 1. The monoisotopic (exact) mass is 355 g/mol. The highest BCUT2D eigenvalue weighted by Crippen LogP contribution is 2.49. The van der Waals surface area contributed by atoms with Gasteiger partial charge >= 0.3 is 5.97 Å². The van der Waals surface area contributed by atoms with E-state index in [9.17, 15) is 9.59 Å². The van der Waals surface area contributed by atoms with Gasteiger partial charge in [0, 0.05) is 28.2 Å². The topological polar surface area (TPSA) is 46.6 Å². The highest BCUT2D eigenvalue weighted by molar-refractivity contribution is 14.1. The molecule has 0 aromatic heterocycles. The number of carbonyl (C=O) groups is 2. The van der Waals surface area contributed by atoms with Crippen LogP contribution >= 0.6 is 22.6 Å². The van der Waals surface area contributed by atoms with Crippen molar-refractivity contribution >= 4 is 40.2 Å². The minimum absolute atomic E-state index is 0.202. The summed E-state index contributed by atoms with van der Waals surface area (Å²) in [6.07, 6.45) is 0.238. The second-order valence-electron chi connectivity index (χ2n) is 4.52. The highest BCUT2D eigenvalue weighted by atomic mass is 127. The summed E-state index contributed by atoms with van der Waals surface area (Å²) in [5.74, 6) is -0.685. The molecule has 0 bridgehead atoms. The van der Waals surface area contributed by atoms with Crippen molar-refractivity contribution in [1.82, 2.24) is 0 Å². The quantitative estimate of drug-likeness (QED) is 0.406. The van der Waals surface area contributed by atoms with Gasteiger partial charge in [0.05, 0.1) is 5.69 Å². The Morgan fingerprint density at radius 3 is 2.78 bits per heavy atom. The van der Waals surface area contributed by atoms with E-state index in [-0.39, 0.29) is 12.3 Å². The Morgan fingerprint density at radius 1 is 1.44 bits per heavy atom. The number of hydrogen-bond acceptors (Lipinski definition) is 3. The fourth-order valence-corrected chi connectivity index (χ4v) is 3.02. The van der Waals surface area contributed by atoms with Crippen LogP contribution < -0.4 is 4.90 Å². The summed E-state index contributed by atoms with van der Waals surface area (Å²) in [7, 11) is 1.69. The summed E-state index contributed by atoms with van der Waals surface area (Å²) in [4.78, 5) is 25.5. The zero-order valence-corrected chi connectivity index (χ0v) is 11.9. The first-order chi connectivity index (χ1) is 8.45. The number of rotatable bonds is 0. The number of anilines is 1. The maximum absolute atomic E-state index is 12.4. The third-order valence-corrected chi connectivity index (χ3v) is 4.09. The van der Waals surface area contributed by atoms with Crippen LogP contribution in [0.1, 0.15) is 12.0 Å². The summed E-state index contributed by atoms with van der Waals surface area (Å²) in [6, 6.07) is 5.69. The first-order valence-electron chi connectivity index (χ1n) is 5.45. The first-order valence-corrected chi connectivity index (χ1v) is 6.53. The van der Waals surface area contributed by atoms with E-state index in [0.29, 0.717) is 5.57 Å². The normalized spacial score (nSPS) is 25.9. The molecule has 1 saturated heterocycles. The lowest BCUT2D eigenvalue weighted by atomic mass is 9.91. The summed E-state index contributed by atoms with van der Waals surface area (Å²) in [6.45, 7) is 3.66. The van der Waals surface area contributed by atoms with Crippen molar-refractivity contribution in [3.63, 3.8) is 0 Å². The molecule has 18 heavy (non-hydrogen) atoms. The lowest BCUT2D eigenvalue weighted by Crippen LogP contribution is -2.38. The third-order valence-electron chi connectivity index (χ3n) is 3.42. The molecule has 1 spiro atoms. The van der Waals surface area contributed by atoms with Gasteiger partial charge in [-0.15, -0.1) is 0 Å². The summed E-state index contributed by atoms with van der Waals surface area (Å²) in [5, 5.41) is 0. The van der Waals surface area contributed by atoms with E-state index in [1.165, 1.54) is 4.90 Å². The average Bonchev–Trinajstić information content (AvgIpc) is 2.73. The number of benzene rings is 1. The van der Waals surface area contributed by atoms with Crippen LogP contribution in [0.3, 0.4) is 0 Å². The van der Waals surface area contributed by atoms with Crippen LogP contribution in [0.4, 0.5) is 5.69 Å². The second-order valence-corrected chi connectivity index (χ2v) is 5.77. The molecule has 1 fully saturated rings. The van der Waals surface area contributed by atoms with Crippen LogP contribution in [0.25, 0.3) is 0 Å². The van der Waals surface area contributed by atoms with Crippen LogP contribution in [-0.2, 0) is 19.9 Å². The summed E-state index contributed by atoms with van der Waals surface area (Å²) < 4.78 is 6.36. The van der Waals surface area contributed by atoms with Crippen LogP contribution in [-0.4, -0.2) is 18.9 Å². The molecule has 1 aromatic carbocycles. The molecule has 0 saturated carbocycles. The predicted molar refractivity (Wildman–Crippen MR) is 74.1 cm³/mol. The number of halogens is 1. The average molecular weight is 355 g/mol. The van der Waals surface area contributed by atoms with Crippen molar-refractivity contribution in [3.8, 4) is 0 Å². The molecule has 2 aliphatic rings. The van der Waals surface area contributed by atoms with E-state index in [2.05, 4.69) is 29.2 Å². The molecule has 0 radical (unpaired) electrons. The number of carbonyl (C=O) groups excluding carboxylic acids is 2. The van der Waals surface area contributed by atoms with E-state index in [0.717, 1.165) is 14.8 Å². The maximum atomic E-state index is 12.4. The van der Waals surface area contributed by atoms with Gasteiger partial charge in [0.2, 0.25) is 5.60 Å². The Hall–Kier alpha value is -1.37. The van der Waals surface area contributed by atoms with Crippen molar-refractivity contribution in [2.45, 2.75) is 12.0 Å². The minimum Gasteiger partial charge on any atom is -0.440 e. The van der Waals surface area contributed by atoms with Gasteiger partial charge in [-0.25, -0.2) is 4.79 Å². The van der Waals surface area contributed by atoms with Gasteiger partial charge in [-0.1, -0.05) is 6.58 Å². The van der Waals surface area contributed by atoms with Gasteiger partial charge in [-0.05, 0) is 40.8 Å². The lowest BCUT2D eigenvalue weighted by Gasteiger charge is -2.20. The predicted octanol–water partition coefficient (Wildman–Crippen LogP) is 1.97. The van der Waals surface area contributed by atoms with Crippen LogP contribution in [0.2, 0.25) is 0 Å². The molecule has 4 nitrogen and oxygen atoms in total. The van der Waals surface area contributed by atoms with Gasteiger partial charge < -0.3 is 9.64 Å². The molecule has 1 atom stereocenters.